The Labute approximate surface area is 178 Å². The minimum Gasteiger partial charge on any atom is -0.290 e. The van der Waals surface area contributed by atoms with Crippen molar-refractivity contribution >= 4 is 17.3 Å². The van der Waals surface area contributed by atoms with E-state index in [0.717, 1.165) is 11.1 Å². The SMILES string of the molecule is CC(=NCc1ccccc1Cl)c1c(-c2ccccc2)[nH]n(-c2ccc(F)cc2)c1=O. The average molecular weight is 420 g/mol. The van der Waals surface area contributed by atoms with Crippen molar-refractivity contribution < 1.29 is 4.39 Å². The van der Waals surface area contributed by atoms with Crippen LogP contribution in [0, 0.1) is 5.82 Å². The van der Waals surface area contributed by atoms with Crippen LogP contribution in [0.25, 0.3) is 16.9 Å². The zero-order chi connectivity index (χ0) is 21.1. The minimum absolute atomic E-state index is 0.249. The van der Waals surface area contributed by atoms with E-state index in [-0.39, 0.29) is 11.4 Å². The maximum Gasteiger partial charge on any atom is 0.280 e. The number of nitrogens with one attached hydrogen (secondary N) is 1. The smallest absolute Gasteiger partial charge is 0.280 e. The highest BCUT2D eigenvalue weighted by Gasteiger charge is 2.19. The monoisotopic (exact) mass is 419 g/mol. The molecule has 6 heteroatoms. The summed E-state index contributed by atoms with van der Waals surface area (Å²) in [6.45, 7) is 2.17. The van der Waals surface area contributed by atoms with Gasteiger partial charge in [0.25, 0.3) is 5.56 Å². The zero-order valence-electron chi connectivity index (χ0n) is 16.3. The third kappa shape index (κ3) is 3.98. The van der Waals surface area contributed by atoms with Gasteiger partial charge in [-0.2, -0.15) is 0 Å². The molecule has 0 fully saturated rings. The zero-order valence-corrected chi connectivity index (χ0v) is 17.0. The summed E-state index contributed by atoms with van der Waals surface area (Å²) in [5, 5.41) is 3.80. The molecular formula is C24H19ClFN3O. The van der Waals surface area contributed by atoms with E-state index in [4.69, 9.17) is 11.6 Å². The van der Waals surface area contributed by atoms with E-state index in [0.29, 0.717) is 34.2 Å². The largest absolute Gasteiger partial charge is 0.290 e. The van der Waals surface area contributed by atoms with Gasteiger partial charge in [-0.3, -0.25) is 14.9 Å². The predicted octanol–water partition coefficient (Wildman–Crippen LogP) is 5.63. The molecule has 0 unspecified atom stereocenters. The Balaban J connectivity index is 1.83. The lowest BCUT2D eigenvalue weighted by Gasteiger charge is -2.04. The Morgan fingerprint density at radius 2 is 1.67 bits per heavy atom. The fourth-order valence-corrected chi connectivity index (χ4v) is 3.46. The molecule has 0 aliphatic carbocycles. The molecule has 30 heavy (non-hydrogen) atoms. The first-order chi connectivity index (χ1) is 14.5. The molecule has 4 nitrogen and oxygen atoms in total. The fourth-order valence-electron chi connectivity index (χ4n) is 3.27. The van der Waals surface area contributed by atoms with Crippen molar-refractivity contribution in [1.29, 1.82) is 0 Å². The summed E-state index contributed by atoms with van der Waals surface area (Å²) >= 11 is 6.24. The summed E-state index contributed by atoms with van der Waals surface area (Å²) in [6.07, 6.45) is 0. The molecule has 1 aromatic heterocycles. The molecule has 0 radical (unpaired) electrons. The molecule has 0 saturated heterocycles. The molecule has 4 rings (SSSR count). The van der Waals surface area contributed by atoms with Crippen LogP contribution in [-0.2, 0) is 6.54 Å². The average Bonchev–Trinajstić information content (AvgIpc) is 3.11. The number of aromatic amines is 1. The number of halogens is 2. The van der Waals surface area contributed by atoms with E-state index in [1.54, 1.807) is 12.1 Å². The molecular weight excluding hydrogens is 401 g/mol. The van der Waals surface area contributed by atoms with Crippen molar-refractivity contribution in [3.63, 3.8) is 0 Å². The number of H-pyrrole nitrogens is 1. The molecule has 3 aromatic carbocycles. The number of aliphatic imine (C=N–C) groups is 1. The highest BCUT2D eigenvalue weighted by Crippen LogP contribution is 2.22. The molecule has 0 atom stereocenters. The van der Waals surface area contributed by atoms with Gasteiger partial charge in [0.15, 0.2) is 0 Å². The highest BCUT2D eigenvalue weighted by atomic mass is 35.5. The first-order valence-corrected chi connectivity index (χ1v) is 9.83. The summed E-state index contributed by atoms with van der Waals surface area (Å²) in [5.74, 6) is -0.362. The van der Waals surface area contributed by atoms with Crippen LogP contribution in [-0.4, -0.2) is 15.5 Å². The number of hydrogen-bond acceptors (Lipinski definition) is 2. The quantitative estimate of drug-likeness (QED) is 0.418. The molecule has 0 bridgehead atoms. The summed E-state index contributed by atoms with van der Waals surface area (Å²) in [5.41, 5.74) is 3.76. The van der Waals surface area contributed by atoms with Gasteiger partial charge < -0.3 is 0 Å². The maximum absolute atomic E-state index is 13.3. The lowest BCUT2D eigenvalue weighted by Crippen LogP contribution is -2.19. The Morgan fingerprint density at radius 3 is 2.37 bits per heavy atom. The first-order valence-electron chi connectivity index (χ1n) is 9.46. The highest BCUT2D eigenvalue weighted by molar-refractivity contribution is 6.31. The molecule has 150 valence electrons. The number of nitrogens with zero attached hydrogens (tertiary/aromatic N) is 2. The van der Waals surface area contributed by atoms with Gasteiger partial charge in [-0.05, 0) is 42.8 Å². The molecule has 1 N–H and O–H groups in total. The second kappa shape index (κ2) is 8.51. The van der Waals surface area contributed by atoms with Crippen LogP contribution < -0.4 is 5.56 Å². The molecule has 4 aromatic rings. The van der Waals surface area contributed by atoms with E-state index in [2.05, 4.69) is 10.1 Å². The van der Waals surface area contributed by atoms with Crippen molar-refractivity contribution in [3.8, 4) is 16.9 Å². The van der Waals surface area contributed by atoms with Gasteiger partial charge in [0.1, 0.15) is 5.82 Å². The van der Waals surface area contributed by atoms with Gasteiger partial charge in [0.2, 0.25) is 0 Å². The lowest BCUT2D eigenvalue weighted by molar-refractivity contribution is 0.627. The molecule has 0 aliphatic rings. The summed E-state index contributed by atoms with van der Waals surface area (Å²) < 4.78 is 14.8. The Kier molecular flexibility index (Phi) is 5.63. The number of rotatable bonds is 5. The van der Waals surface area contributed by atoms with Crippen molar-refractivity contribution in [2.24, 2.45) is 4.99 Å². The molecule has 0 aliphatic heterocycles. The van der Waals surface area contributed by atoms with E-state index < -0.39 is 0 Å². The van der Waals surface area contributed by atoms with Crippen LogP contribution in [0.4, 0.5) is 4.39 Å². The van der Waals surface area contributed by atoms with E-state index >= 15 is 0 Å². The summed E-state index contributed by atoms with van der Waals surface area (Å²) in [7, 11) is 0. The topological polar surface area (TPSA) is 50.1 Å². The van der Waals surface area contributed by atoms with E-state index in [9.17, 15) is 9.18 Å². The van der Waals surface area contributed by atoms with Gasteiger partial charge in [0, 0.05) is 16.3 Å². The number of aromatic nitrogens is 2. The van der Waals surface area contributed by atoms with Crippen molar-refractivity contribution in [1.82, 2.24) is 9.78 Å². The van der Waals surface area contributed by atoms with Gasteiger partial charge in [-0.1, -0.05) is 60.1 Å². The molecule has 0 spiro atoms. The number of benzene rings is 3. The third-order valence-corrected chi connectivity index (χ3v) is 5.21. The maximum atomic E-state index is 13.3. The Morgan fingerprint density at radius 1 is 1.00 bits per heavy atom. The Hall–Kier alpha value is -3.44. The van der Waals surface area contributed by atoms with Crippen molar-refractivity contribution in [3.05, 3.63) is 111 Å². The van der Waals surface area contributed by atoms with E-state index in [1.807, 2.05) is 61.5 Å². The van der Waals surface area contributed by atoms with Crippen LogP contribution in [0.3, 0.4) is 0 Å². The van der Waals surface area contributed by atoms with Gasteiger partial charge in [-0.25, -0.2) is 9.07 Å². The standard InChI is InChI=1S/C24H19ClFN3O/c1-16(27-15-18-9-5-6-10-21(18)25)22-23(17-7-3-2-4-8-17)28-29(24(22)30)20-13-11-19(26)12-14-20/h2-14,28H,15H2,1H3. The first kappa shape index (κ1) is 19.9. The van der Waals surface area contributed by atoms with E-state index in [1.165, 1.54) is 16.8 Å². The third-order valence-electron chi connectivity index (χ3n) is 4.84. The van der Waals surface area contributed by atoms with Crippen LogP contribution >= 0.6 is 11.6 Å². The normalized spacial score (nSPS) is 11.6. The van der Waals surface area contributed by atoms with Crippen LogP contribution in [0.1, 0.15) is 18.1 Å². The summed E-state index contributed by atoms with van der Waals surface area (Å²) in [6, 6.07) is 22.8. The minimum atomic E-state index is -0.362. The molecule has 1 heterocycles. The van der Waals surface area contributed by atoms with Gasteiger partial charge in [0.05, 0.1) is 23.5 Å². The van der Waals surface area contributed by atoms with Crippen LogP contribution in [0.5, 0.6) is 0 Å². The predicted molar refractivity (Wildman–Crippen MR) is 119 cm³/mol. The fraction of sp³-hybridized carbons (Fsp3) is 0.0833. The Bertz CT molecular complexity index is 1260. The second-order valence-electron chi connectivity index (χ2n) is 6.84. The summed E-state index contributed by atoms with van der Waals surface area (Å²) in [4.78, 5) is 17.9. The lowest BCUT2D eigenvalue weighted by atomic mass is 10.1. The number of hydrogen-bond donors (Lipinski definition) is 1. The van der Waals surface area contributed by atoms with Gasteiger partial charge >= 0.3 is 0 Å². The van der Waals surface area contributed by atoms with Crippen LogP contribution in [0.15, 0.2) is 88.6 Å². The second-order valence-corrected chi connectivity index (χ2v) is 7.25. The van der Waals surface area contributed by atoms with Crippen molar-refractivity contribution in [2.45, 2.75) is 13.5 Å². The van der Waals surface area contributed by atoms with Crippen molar-refractivity contribution in [2.75, 3.05) is 0 Å². The molecule has 0 saturated carbocycles. The molecule has 0 amide bonds. The van der Waals surface area contributed by atoms with Gasteiger partial charge in [-0.15, -0.1) is 0 Å². The van der Waals surface area contributed by atoms with Crippen LogP contribution in [0.2, 0.25) is 5.02 Å².